The van der Waals surface area contributed by atoms with Crippen molar-refractivity contribution in [2.75, 3.05) is 29.2 Å². The summed E-state index contributed by atoms with van der Waals surface area (Å²) in [4.78, 5) is 15.4. The topological polar surface area (TPSA) is 100 Å². The molecule has 32 heavy (non-hydrogen) atoms. The Morgan fingerprint density at radius 1 is 1.16 bits per heavy atom. The Morgan fingerprint density at radius 2 is 1.94 bits per heavy atom. The molecule has 0 saturated heterocycles. The molecule has 2 aromatic rings. The van der Waals surface area contributed by atoms with Gasteiger partial charge in [-0.25, -0.2) is 18.4 Å². The third-order valence-electron chi connectivity index (χ3n) is 5.32. The molecule has 0 spiro atoms. The molecule has 0 unspecified atom stereocenters. The number of rotatable bonds is 6. The van der Waals surface area contributed by atoms with Crippen LogP contribution >= 0.6 is 0 Å². The Balaban J connectivity index is 1.80. The standard InChI is InChI=1S/C23H30N6O2S/c1-23(2,3)28-22-20-17(14-18(27-22)26-19-15-24-9-10-25-19)8-11-29(12-13-32(4,30)31)21(20)16-6-5-7-16/h8-11,14-15H,5-7,12-13H2,1-4H3,(H2,25,26,27,28). The van der Waals surface area contributed by atoms with E-state index in [0.29, 0.717) is 18.2 Å². The lowest BCUT2D eigenvalue weighted by atomic mass is 9.85. The van der Waals surface area contributed by atoms with Gasteiger partial charge in [0, 0.05) is 42.5 Å². The number of nitrogens with one attached hydrogen (secondary N) is 2. The van der Waals surface area contributed by atoms with Crippen molar-refractivity contribution in [1.82, 2.24) is 19.9 Å². The molecule has 4 rings (SSSR count). The lowest BCUT2D eigenvalue weighted by molar-refractivity contribution is 0.528. The highest BCUT2D eigenvalue weighted by Gasteiger charge is 2.29. The molecule has 1 fully saturated rings. The van der Waals surface area contributed by atoms with Crippen molar-refractivity contribution in [3.05, 3.63) is 47.6 Å². The molecular formula is C23H30N6O2S. The van der Waals surface area contributed by atoms with Crippen molar-refractivity contribution in [2.24, 2.45) is 0 Å². The van der Waals surface area contributed by atoms with Crippen molar-refractivity contribution in [3.63, 3.8) is 0 Å². The average molecular weight is 455 g/mol. The maximum atomic E-state index is 11.8. The lowest BCUT2D eigenvalue weighted by Crippen LogP contribution is -2.31. The van der Waals surface area contributed by atoms with Crippen molar-refractivity contribution in [2.45, 2.75) is 45.6 Å². The zero-order valence-electron chi connectivity index (χ0n) is 19.0. The van der Waals surface area contributed by atoms with Gasteiger partial charge < -0.3 is 15.5 Å². The Hall–Kier alpha value is -2.94. The van der Waals surface area contributed by atoms with Gasteiger partial charge in [-0.3, -0.25) is 4.98 Å². The molecule has 8 nitrogen and oxygen atoms in total. The zero-order valence-corrected chi connectivity index (χ0v) is 19.8. The molecule has 0 aromatic carbocycles. The molecule has 170 valence electrons. The highest BCUT2D eigenvalue weighted by molar-refractivity contribution is 7.90. The van der Waals surface area contributed by atoms with E-state index >= 15 is 0 Å². The van der Waals surface area contributed by atoms with Crippen LogP contribution in [0.3, 0.4) is 0 Å². The van der Waals surface area contributed by atoms with Gasteiger partial charge in [0.25, 0.3) is 0 Å². The summed E-state index contributed by atoms with van der Waals surface area (Å²) >= 11 is 0. The van der Waals surface area contributed by atoms with Crippen LogP contribution in [0.4, 0.5) is 17.5 Å². The van der Waals surface area contributed by atoms with Gasteiger partial charge in [-0.05, 0) is 63.3 Å². The monoisotopic (exact) mass is 454 g/mol. The number of nitrogens with zero attached hydrogens (tertiary/aromatic N) is 4. The maximum Gasteiger partial charge on any atom is 0.150 e. The summed E-state index contributed by atoms with van der Waals surface area (Å²) in [5.74, 6) is 2.16. The predicted molar refractivity (Wildman–Crippen MR) is 129 cm³/mol. The first-order valence-electron chi connectivity index (χ1n) is 10.8. The number of aromatic nitrogens is 3. The first kappa shape index (κ1) is 22.3. The Kier molecular flexibility index (Phi) is 5.94. The van der Waals surface area contributed by atoms with Gasteiger partial charge in [0.15, 0.2) is 0 Å². The fourth-order valence-corrected chi connectivity index (χ4v) is 4.29. The Bertz CT molecular complexity index is 1160. The van der Waals surface area contributed by atoms with Crippen LogP contribution in [0.5, 0.6) is 0 Å². The summed E-state index contributed by atoms with van der Waals surface area (Å²) in [6.07, 6.45) is 13.4. The van der Waals surface area contributed by atoms with E-state index in [2.05, 4.69) is 46.3 Å². The van der Waals surface area contributed by atoms with E-state index in [1.165, 1.54) is 11.8 Å². The van der Waals surface area contributed by atoms with Gasteiger partial charge in [-0.15, -0.1) is 0 Å². The molecular weight excluding hydrogens is 424 g/mol. The number of anilines is 3. The van der Waals surface area contributed by atoms with Crippen LogP contribution in [0.1, 0.15) is 51.2 Å². The maximum absolute atomic E-state index is 11.8. The highest BCUT2D eigenvalue weighted by atomic mass is 32.2. The van der Waals surface area contributed by atoms with E-state index in [-0.39, 0.29) is 11.3 Å². The van der Waals surface area contributed by atoms with Gasteiger partial charge >= 0.3 is 0 Å². The van der Waals surface area contributed by atoms with E-state index in [1.807, 2.05) is 18.3 Å². The SMILES string of the molecule is CC(C)(C)Nc1nc(Nc2cnccn2)cc2c1C(=C1CCC1)N(CCS(C)(=O)=O)C=C2. The number of sulfone groups is 1. The van der Waals surface area contributed by atoms with E-state index < -0.39 is 9.84 Å². The zero-order chi connectivity index (χ0) is 22.9. The van der Waals surface area contributed by atoms with Crippen LogP contribution in [0.15, 0.2) is 36.4 Å². The predicted octanol–water partition coefficient (Wildman–Crippen LogP) is 4.05. The molecule has 1 aliphatic heterocycles. The Labute approximate surface area is 189 Å². The molecule has 3 heterocycles. The van der Waals surface area contributed by atoms with Gasteiger partial charge in [-0.2, -0.15) is 0 Å². The van der Waals surface area contributed by atoms with E-state index in [4.69, 9.17) is 4.98 Å². The molecule has 2 aromatic heterocycles. The molecule has 2 aliphatic rings. The summed E-state index contributed by atoms with van der Waals surface area (Å²) < 4.78 is 23.7. The molecule has 1 aliphatic carbocycles. The minimum absolute atomic E-state index is 0.102. The second-order valence-corrected chi connectivity index (χ2v) is 11.6. The normalized spacial score (nSPS) is 15.9. The number of hydrogen-bond donors (Lipinski definition) is 2. The summed E-state index contributed by atoms with van der Waals surface area (Å²) in [5.41, 5.74) is 4.28. The average Bonchev–Trinajstić information content (AvgIpc) is 2.64. The highest BCUT2D eigenvalue weighted by Crippen LogP contribution is 2.43. The van der Waals surface area contributed by atoms with Crippen molar-refractivity contribution < 1.29 is 8.42 Å². The smallest absolute Gasteiger partial charge is 0.150 e. The van der Waals surface area contributed by atoms with Crippen molar-refractivity contribution >= 4 is 39.1 Å². The number of fused-ring (bicyclic) bond motifs is 1. The van der Waals surface area contributed by atoms with Gasteiger partial charge in [0.1, 0.15) is 27.3 Å². The molecule has 2 N–H and O–H groups in total. The minimum Gasteiger partial charge on any atom is -0.365 e. The Morgan fingerprint density at radius 3 is 2.53 bits per heavy atom. The van der Waals surface area contributed by atoms with Gasteiger partial charge in [-0.1, -0.05) is 0 Å². The van der Waals surface area contributed by atoms with E-state index in [9.17, 15) is 8.42 Å². The van der Waals surface area contributed by atoms with Crippen molar-refractivity contribution in [1.29, 1.82) is 0 Å². The number of pyridine rings is 1. The van der Waals surface area contributed by atoms with Crippen LogP contribution in [0, 0.1) is 0 Å². The van der Waals surface area contributed by atoms with Crippen LogP contribution in [0.2, 0.25) is 0 Å². The first-order valence-corrected chi connectivity index (χ1v) is 12.9. The second kappa shape index (κ2) is 8.54. The largest absolute Gasteiger partial charge is 0.365 e. The lowest BCUT2D eigenvalue weighted by Gasteiger charge is -2.36. The third kappa shape index (κ3) is 5.27. The van der Waals surface area contributed by atoms with Crippen LogP contribution in [-0.4, -0.2) is 52.4 Å². The van der Waals surface area contributed by atoms with Crippen molar-refractivity contribution in [3.8, 4) is 0 Å². The summed E-state index contributed by atoms with van der Waals surface area (Å²) in [6, 6.07) is 2.00. The summed E-state index contributed by atoms with van der Waals surface area (Å²) in [7, 11) is -3.07. The molecule has 9 heteroatoms. The molecule has 0 atom stereocenters. The number of allylic oxidation sites excluding steroid dienone is 1. The second-order valence-electron chi connectivity index (χ2n) is 9.36. The van der Waals surface area contributed by atoms with Gasteiger partial charge in [0.05, 0.1) is 17.6 Å². The van der Waals surface area contributed by atoms with Crippen LogP contribution in [0.25, 0.3) is 11.8 Å². The molecule has 0 amide bonds. The first-order chi connectivity index (χ1) is 15.1. The van der Waals surface area contributed by atoms with E-state index in [0.717, 1.165) is 41.9 Å². The third-order valence-corrected chi connectivity index (χ3v) is 6.24. The quantitative estimate of drug-likeness (QED) is 0.674. The fraction of sp³-hybridized carbons (Fsp3) is 0.435. The molecule has 1 saturated carbocycles. The number of hydrogen-bond acceptors (Lipinski definition) is 8. The fourth-order valence-electron chi connectivity index (χ4n) is 3.76. The van der Waals surface area contributed by atoms with E-state index in [1.54, 1.807) is 18.6 Å². The van der Waals surface area contributed by atoms with Crippen LogP contribution < -0.4 is 10.6 Å². The van der Waals surface area contributed by atoms with Gasteiger partial charge in [0.2, 0.25) is 0 Å². The molecule has 0 radical (unpaired) electrons. The molecule has 0 bridgehead atoms. The summed E-state index contributed by atoms with van der Waals surface area (Å²) in [6.45, 7) is 6.71. The summed E-state index contributed by atoms with van der Waals surface area (Å²) in [5, 5.41) is 6.80. The minimum atomic E-state index is -3.07. The van der Waals surface area contributed by atoms with Crippen LogP contribution in [-0.2, 0) is 9.84 Å².